The molecule has 0 heterocycles. The van der Waals surface area contributed by atoms with Gasteiger partial charge in [-0.15, -0.1) is 0 Å². The summed E-state index contributed by atoms with van der Waals surface area (Å²) in [5.74, 6) is 0.858. The van der Waals surface area contributed by atoms with Gasteiger partial charge in [-0.2, -0.15) is 0 Å². The molecule has 0 spiro atoms. The number of hydrogen-bond donors (Lipinski definition) is 1. The van der Waals surface area contributed by atoms with Gasteiger partial charge in [0.05, 0.1) is 12.1 Å². The van der Waals surface area contributed by atoms with Gasteiger partial charge >= 0.3 is 0 Å². The summed E-state index contributed by atoms with van der Waals surface area (Å²) in [5, 5.41) is 4.17. The Morgan fingerprint density at radius 1 is 1.19 bits per heavy atom. The van der Waals surface area contributed by atoms with Crippen LogP contribution in [0.3, 0.4) is 0 Å². The van der Waals surface area contributed by atoms with Crippen molar-refractivity contribution >= 4 is 23.4 Å². The maximum atomic E-state index is 6.39. The van der Waals surface area contributed by atoms with Gasteiger partial charge in [0.2, 0.25) is 0 Å². The molecular formula is C17H20ClNOS. The van der Waals surface area contributed by atoms with Crippen LogP contribution in [0.25, 0.3) is 0 Å². The number of benzene rings is 2. The van der Waals surface area contributed by atoms with Gasteiger partial charge in [-0.05, 0) is 48.9 Å². The van der Waals surface area contributed by atoms with Crippen molar-refractivity contribution in [2.75, 3.05) is 13.7 Å². The Bertz CT molecular complexity index is 589. The van der Waals surface area contributed by atoms with Crippen molar-refractivity contribution < 1.29 is 4.74 Å². The molecule has 112 valence electrons. The van der Waals surface area contributed by atoms with Crippen LogP contribution in [0.1, 0.15) is 18.9 Å². The predicted molar refractivity (Wildman–Crippen MR) is 90.6 cm³/mol. The van der Waals surface area contributed by atoms with Gasteiger partial charge in [0.25, 0.3) is 0 Å². The summed E-state index contributed by atoms with van der Waals surface area (Å²) in [5.41, 5.74) is 1.21. The van der Waals surface area contributed by atoms with Gasteiger partial charge < -0.3 is 10.1 Å². The van der Waals surface area contributed by atoms with Gasteiger partial charge in [-0.1, -0.05) is 42.4 Å². The van der Waals surface area contributed by atoms with Crippen molar-refractivity contribution in [1.29, 1.82) is 0 Å². The number of ether oxygens (including phenoxy) is 1. The first kappa shape index (κ1) is 16.2. The first-order valence-electron chi connectivity index (χ1n) is 7.04. The molecular weight excluding hydrogens is 302 g/mol. The van der Waals surface area contributed by atoms with Crippen LogP contribution in [-0.2, 0) is 6.54 Å². The largest absolute Gasteiger partial charge is 0.497 e. The summed E-state index contributed by atoms with van der Waals surface area (Å²) in [6.07, 6.45) is 1.14. The fourth-order valence-corrected chi connectivity index (χ4v) is 3.13. The second-order valence-corrected chi connectivity index (χ2v) is 6.25. The summed E-state index contributed by atoms with van der Waals surface area (Å²) in [4.78, 5) is 2.18. The van der Waals surface area contributed by atoms with E-state index in [2.05, 4.69) is 30.4 Å². The molecule has 0 fully saturated rings. The van der Waals surface area contributed by atoms with E-state index in [0.717, 1.165) is 40.1 Å². The minimum atomic E-state index is 0.790. The molecule has 2 aromatic carbocycles. The van der Waals surface area contributed by atoms with Crippen LogP contribution in [0, 0.1) is 0 Å². The van der Waals surface area contributed by atoms with E-state index in [1.54, 1.807) is 18.9 Å². The highest BCUT2D eigenvalue weighted by Crippen LogP contribution is 2.35. The Morgan fingerprint density at radius 2 is 2.05 bits per heavy atom. The van der Waals surface area contributed by atoms with Crippen LogP contribution < -0.4 is 10.1 Å². The number of methoxy groups -OCH3 is 1. The highest BCUT2D eigenvalue weighted by molar-refractivity contribution is 7.99. The molecule has 2 aromatic rings. The highest BCUT2D eigenvalue weighted by Gasteiger charge is 2.05. The Balaban J connectivity index is 2.06. The van der Waals surface area contributed by atoms with Gasteiger partial charge in [-0.25, -0.2) is 0 Å². The Labute approximate surface area is 135 Å². The first-order valence-corrected chi connectivity index (χ1v) is 8.23. The van der Waals surface area contributed by atoms with Crippen LogP contribution in [0.4, 0.5) is 0 Å². The molecule has 0 aliphatic rings. The Hall–Kier alpha value is -1.16. The fourth-order valence-electron chi connectivity index (χ4n) is 1.94. The number of nitrogens with one attached hydrogen (secondary N) is 1. The summed E-state index contributed by atoms with van der Waals surface area (Å²) in [7, 11) is 1.68. The topological polar surface area (TPSA) is 21.3 Å². The van der Waals surface area contributed by atoms with E-state index in [-0.39, 0.29) is 0 Å². The molecule has 21 heavy (non-hydrogen) atoms. The lowest BCUT2D eigenvalue weighted by Crippen LogP contribution is -2.13. The van der Waals surface area contributed by atoms with E-state index < -0.39 is 0 Å². The summed E-state index contributed by atoms with van der Waals surface area (Å²) < 4.78 is 5.24. The molecule has 2 nitrogen and oxygen atoms in total. The average molecular weight is 322 g/mol. The molecule has 0 amide bonds. The standard InChI is InChI=1S/C17H20ClNOS/c1-3-9-19-12-13-7-8-17(16(18)10-13)21-15-6-4-5-14(11-15)20-2/h4-8,10-11,19H,3,9,12H2,1-2H3. The SMILES string of the molecule is CCCNCc1ccc(Sc2cccc(OC)c2)c(Cl)c1. The lowest BCUT2D eigenvalue weighted by Gasteiger charge is -2.09. The van der Waals surface area contributed by atoms with E-state index in [1.165, 1.54) is 5.56 Å². The zero-order valence-electron chi connectivity index (χ0n) is 12.4. The molecule has 0 saturated heterocycles. The van der Waals surface area contributed by atoms with Crippen LogP contribution in [0.15, 0.2) is 52.3 Å². The third-order valence-corrected chi connectivity index (χ3v) is 4.51. The van der Waals surface area contributed by atoms with Gasteiger partial charge in [0.1, 0.15) is 5.75 Å². The Kier molecular flexibility index (Phi) is 6.43. The molecule has 1 N–H and O–H groups in total. The van der Waals surface area contributed by atoms with E-state index in [4.69, 9.17) is 16.3 Å². The zero-order chi connectivity index (χ0) is 15.1. The predicted octanol–water partition coefficient (Wildman–Crippen LogP) is 5.00. The summed E-state index contributed by atoms with van der Waals surface area (Å²) >= 11 is 8.03. The molecule has 0 aliphatic carbocycles. The van der Waals surface area contributed by atoms with Gasteiger partial charge in [-0.3, -0.25) is 0 Å². The second-order valence-electron chi connectivity index (χ2n) is 4.72. The minimum absolute atomic E-state index is 0.790. The molecule has 0 aliphatic heterocycles. The maximum Gasteiger partial charge on any atom is 0.119 e. The van der Waals surface area contributed by atoms with Gasteiger partial charge in [0, 0.05) is 16.3 Å². The molecule has 4 heteroatoms. The zero-order valence-corrected chi connectivity index (χ0v) is 13.9. The van der Waals surface area contributed by atoms with Crippen molar-refractivity contribution in [3.05, 3.63) is 53.1 Å². The van der Waals surface area contributed by atoms with Crippen molar-refractivity contribution in [2.24, 2.45) is 0 Å². The lowest BCUT2D eigenvalue weighted by molar-refractivity contribution is 0.413. The van der Waals surface area contributed by atoms with E-state index >= 15 is 0 Å². The molecule has 0 aromatic heterocycles. The third kappa shape index (κ3) is 4.95. The monoisotopic (exact) mass is 321 g/mol. The molecule has 0 saturated carbocycles. The number of rotatable bonds is 7. The smallest absolute Gasteiger partial charge is 0.119 e. The van der Waals surface area contributed by atoms with Crippen LogP contribution in [-0.4, -0.2) is 13.7 Å². The summed E-state index contributed by atoms with van der Waals surface area (Å²) in [6.45, 7) is 4.05. The van der Waals surface area contributed by atoms with Crippen molar-refractivity contribution in [3.8, 4) is 5.75 Å². The lowest BCUT2D eigenvalue weighted by atomic mass is 10.2. The van der Waals surface area contributed by atoms with Crippen molar-refractivity contribution in [1.82, 2.24) is 5.32 Å². The van der Waals surface area contributed by atoms with E-state index in [1.807, 2.05) is 24.3 Å². The Morgan fingerprint density at radius 3 is 2.76 bits per heavy atom. The molecule has 0 radical (unpaired) electrons. The van der Waals surface area contributed by atoms with Crippen molar-refractivity contribution in [2.45, 2.75) is 29.7 Å². The third-order valence-electron chi connectivity index (χ3n) is 3.02. The fraction of sp³-hybridized carbons (Fsp3) is 0.294. The highest BCUT2D eigenvalue weighted by atomic mass is 35.5. The molecule has 0 atom stereocenters. The molecule has 0 bridgehead atoms. The quantitative estimate of drug-likeness (QED) is 0.725. The minimum Gasteiger partial charge on any atom is -0.497 e. The first-order chi connectivity index (χ1) is 10.2. The maximum absolute atomic E-state index is 6.39. The van der Waals surface area contributed by atoms with Gasteiger partial charge in [0.15, 0.2) is 0 Å². The van der Waals surface area contributed by atoms with Crippen molar-refractivity contribution in [3.63, 3.8) is 0 Å². The molecule has 0 unspecified atom stereocenters. The molecule has 2 rings (SSSR count). The number of halogens is 1. The second kappa shape index (κ2) is 8.32. The summed E-state index contributed by atoms with van der Waals surface area (Å²) in [6, 6.07) is 14.2. The number of hydrogen-bond acceptors (Lipinski definition) is 3. The normalized spacial score (nSPS) is 10.6. The van der Waals surface area contributed by atoms with E-state index in [9.17, 15) is 0 Å². The van der Waals surface area contributed by atoms with Crippen LogP contribution >= 0.6 is 23.4 Å². The van der Waals surface area contributed by atoms with Crippen LogP contribution in [0.5, 0.6) is 5.75 Å². The van der Waals surface area contributed by atoms with Crippen LogP contribution in [0.2, 0.25) is 5.02 Å². The van der Waals surface area contributed by atoms with E-state index in [0.29, 0.717) is 0 Å². The average Bonchev–Trinajstić information content (AvgIpc) is 2.50.